The minimum atomic E-state index is 0.157. The van der Waals surface area contributed by atoms with E-state index in [1.54, 1.807) is 0 Å². The van der Waals surface area contributed by atoms with Crippen molar-refractivity contribution in [2.75, 3.05) is 20.1 Å². The zero-order valence-electron chi connectivity index (χ0n) is 14.9. The van der Waals surface area contributed by atoms with Crippen molar-refractivity contribution in [1.82, 2.24) is 20.4 Å². The molecule has 1 saturated carbocycles. The zero-order valence-corrected chi connectivity index (χ0v) is 14.9. The first-order valence-corrected chi connectivity index (χ1v) is 9.53. The molecule has 1 N–H and O–H groups in total. The third-order valence-corrected chi connectivity index (χ3v) is 5.45. The van der Waals surface area contributed by atoms with Gasteiger partial charge in [0.15, 0.2) is 0 Å². The van der Waals surface area contributed by atoms with Gasteiger partial charge in [-0.05, 0) is 62.6 Å². The number of hydrogen-bond donors (Lipinski definition) is 1. The molecule has 1 fully saturated rings. The molecule has 0 aliphatic heterocycles. The van der Waals surface area contributed by atoms with Crippen LogP contribution in [0.5, 0.6) is 0 Å². The highest BCUT2D eigenvalue weighted by atomic mass is 16.2. The summed E-state index contributed by atoms with van der Waals surface area (Å²) in [5, 5.41) is 12.0. The van der Waals surface area contributed by atoms with E-state index in [2.05, 4.69) is 15.5 Å². The van der Waals surface area contributed by atoms with Gasteiger partial charge in [0.25, 0.3) is 0 Å². The second kappa shape index (κ2) is 8.56. The molecule has 0 unspecified atom stereocenters. The van der Waals surface area contributed by atoms with E-state index in [1.807, 2.05) is 18.1 Å². The predicted octanol–water partition coefficient (Wildman–Crippen LogP) is 2.28. The quantitative estimate of drug-likeness (QED) is 0.779. The molecule has 1 aromatic heterocycles. The first kappa shape index (κ1) is 17.3. The molecule has 24 heavy (non-hydrogen) atoms. The summed E-state index contributed by atoms with van der Waals surface area (Å²) in [5.74, 6) is 0.157. The van der Waals surface area contributed by atoms with Gasteiger partial charge in [-0.3, -0.25) is 4.79 Å². The molecule has 0 aromatic carbocycles. The molecule has 2 aliphatic rings. The lowest BCUT2D eigenvalue weighted by atomic mass is 9.91. The Morgan fingerprint density at radius 2 is 2.04 bits per heavy atom. The van der Waals surface area contributed by atoms with Crippen molar-refractivity contribution in [3.63, 3.8) is 0 Å². The number of carbonyl (C=O) groups excluding carboxylic acids is 1. The fourth-order valence-corrected chi connectivity index (χ4v) is 3.93. The van der Waals surface area contributed by atoms with Crippen molar-refractivity contribution in [2.24, 2.45) is 0 Å². The third-order valence-electron chi connectivity index (χ3n) is 5.45. The van der Waals surface area contributed by atoms with Crippen LogP contribution in [0.2, 0.25) is 0 Å². The van der Waals surface area contributed by atoms with Gasteiger partial charge in [0.05, 0.1) is 18.3 Å². The van der Waals surface area contributed by atoms with E-state index in [0.29, 0.717) is 12.5 Å². The predicted molar refractivity (Wildman–Crippen MR) is 94.9 cm³/mol. The molecule has 0 saturated heterocycles. The SMILES string of the molecule is CN(CCCNC1CCCC1)C(=O)Cc1nncc2c1CCCC2. The molecule has 0 radical (unpaired) electrons. The summed E-state index contributed by atoms with van der Waals surface area (Å²) in [4.78, 5) is 14.3. The smallest absolute Gasteiger partial charge is 0.228 e. The van der Waals surface area contributed by atoms with Crippen molar-refractivity contribution < 1.29 is 4.79 Å². The summed E-state index contributed by atoms with van der Waals surface area (Å²) < 4.78 is 0. The Balaban J connectivity index is 1.44. The molecule has 2 aliphatic carbocycles. The largest absolute Gasteiger partial charge is 0.345 e. The number of hydrogen-bond acceptors (Lipinski definition) is 4. The van der Waals surface area contributed by atoms with Crippen LogP contribution in [0, 0.1) is 0 Å². The first-order chi connectivity index (χ1) is 11.7. The summed E-state index contributed by atoms with van der Waals surface area (Å²) in [6.07, 6.45) is 13.2. The maximum absolute atomic E-state index is 12.5. The van der Waals surface area contributed by atoms with Crippen LogP contribution in [0.4, 0.5) is 0 Å². The van der Waals surface area contributed by atoms with Crippen LogP contribution in [0.1, 0.15) is 61.8 Å². The maximum atomic E-state index is 12.5. The summed E-state index contributed by atoms with van der Waals surface area (Å²) in [7, 11) is 1.90. The Morgan fingerprint density at radius 1 is 1.25 bits per heavy atom. The molecule has 5 heteroatoms. The van der Waals surface area contributed by atoms with E-state index in [-0.39, 0.29) is 5.91 Å². The number of carbonyl (C=O) groups is 1. The minimum Gasteiger partial charge on any atom is -0.345 e. The second-order valence-electron chi connectivity index (χ2n) is 7.28. The summed E-state index contributed by atoms with van der Waals surface area (Å²) >= 11 is 0. The van der Waals surface area contributed by atoms with Crippen LogP contribution in [0.15, 0.2) is 6.20 Å². The number of aryl methyl sites for hydroxylation is 1. The van der Waals surface area contributed by atoms with Crippen molar-refractivity contribution in [3.05, 3.63) is 23.0 Å². The van der Waals surface area contributed by atoms with Crippen molar-refractivity contribution in [1.29, 1.82) is 0 Å². The Labute approximate surface area is 145 Å². The topological polar surface area (TPSA) is 58.1 Å². The maximum Gasteiger partial charge on any atom is 0.228 e. The molecule has 1 aromatic rings. The first-order valence-electron chi connectivity index (χ1n) is 9.53. The monoisotopic (exact) mass is 330 g/mol. The molecule has 1 heterocycles. The van der Waals surface area contributed by atoms with Gasteiger partial charge in [0.2, 0.25) is 5.91 Å². The molecule has 0 atom stereocenters. The lowest BCUT2D eigenvalue weighted by Crippen LogP contribution is -2.33. The van der Waals surface area contributed by atoms with Gasteiger partial charge in [-0.2, -0.15) is 10.2 Å². The summed E-state index contributed by atoms with van der Waals surface area (Å²) in [6.45, 7) is 1.81. The molecule has 1 amide bonds. The van der Waals surface area contributed by atoms with Crippen LogP contribution >= 0.6 is 0 Å². The number of nitrogens with one attached hydrogen (secondary N) is 1. The van der Waals surface area contributed by atoms with E-state index in [1.165, 1.54) is 49.7 Å². The summed E-state index contributed by atoms with van der Waals surface area (Å²) in [5.41, 5.74) is 3.47. The van der Waals surface area contributed by atoms with Crippen LogP contribution in [-0.4, -0.2) is 47.2 Å². The Hall–Kier alpha value is -1.49. The van der Waals surface area contributed by atoms with Crippen LogP contribution < -0.4 is 5.32 Å². The fourth-order valence-electron chi connectivity index (χ4n) is 3.93. The number of nitrogens with zero attached hydrogens (tertiary/aromatic N) is 3. The Bertz CT molecular complexity index is 554. The molecule has 0 bridgehead atoms. The zero-order chi connectivity index (χ0) is 16.8. The molecule has 3 rings (SSSR count). The highest BCUT2D eigenvalue weighted by Crippen LogP contribution is 2.22. The van der Waals surface area contributed by atoms with Crippen LogP contribution in [-0.2, 0) is 24.1 Å². The third kappa shape index (κ3) is 4.53. The van der Waals surface area contributed by atoms with E-state index in [0.717, 1.165) is 38.0 Å². The van der Waals surface area contributed by atoms with Gasteiger partial charge in [0, 0.05) is 19.6 Å². The van der Waals surface area contributed by atoms with E-state index in [4.69, 9.17) is 0 Å². The molecular weight excluding hydrogens is 300 g/mol. The standard InChI is InChI=1S/C19H30N4O/c1-23(12-6-11-20-16-8-3-4-9-16)19(24)13-18-17-10-5-2-7-15(17)14-21-22-18/h14,16,20H,2-13H2,1H3. The number of rotatable bonds is 7. The van der Waals surface area contributed by atoms with Gasteiger partial charge in [-0.25, -0.2) is 0 Å². The highest BCUT2D eigenvalue weighted by Gasteiger charge is 2.19. The number of amides is 1. The van der Waals surface area contributed by atoms with Crippen molar-refractivity contribution in [3.8, 4) is 0 Å². The van der Waals surface area contributed by atoms with E-state index in [9.17, 15) is 4.79 Å². The van der Waals surface area contributed by atoms with Crippen molar-refractivity contribution >= 4 is 5.91 Å². The molecule has 5 nitrogen and oxygen atoms in total. The molecule has 0 spiro atoms. The normalized spacial score (nSPS) is 17.7. The van der Waals surface area contributed by atoms with E-state index >= 15 is 0 Å². The Morgan fingerprint density at radius 3 is 2.88 bits per heavy atom. The van der Waals surface area contributed by atoms with Gasteiger partial charge in [0.1, 0.15) is 0 Å². The van der Waals surface area contributed by atoms with Crippen LogP contribution in [0.3, 0.4) is 0 Å². The van der Waals surface area contributed by atoms with E-state index < -0.39 is 0 Å². The van der Waals surface area contributed by atoms with Crippen molar-refractivity contribution in [2.45, 2.75) is 70.3 Å². The number of aromatic nitrogens is 2. The summed E-state index contributed by atoms with van der Waals surface area (Å²) in [6, 6.07) is 0.706. The van der Waals surface area contributed by atoms with Gasteiger partial charge < -0.3 is 10.2 Å². The Kier molecular flexibility index (Phi) is 6.18. The molecular formula is C19H30N4O. The minimum absolute atomic E-state index is 0.157. The van der Waals surface area contributed by atoms with Gasteiger partial charge >= 0.3 is 0 Å². The fraction of sp³-hybridized carbons (Fsp3) is 0.737. The van der Waals surface area contributed by atoms with Gasteiger partial charge in [-0.1, -0.05) is 12.8 Å². The average Bonchev–Trinajstić information content (AvgIpc) is 3.12. The van der Waals surface area contributed by atoms with Gasteiger partial charge in [-0.15, -0.1) is 0 Å². The number of fused-ring (bicyclic) bond motifs is 1. The average molecular weight is 330 g/mol. The lowest BCUT2D eigenvalue weighted by Gasteiger charge is -2.20. The molecule has 132 valence electrons. The lowest BCUT2D eigenvalue weighted by molar-refractivity contribution is -0.129. The van der Waals surface area contributed by atoms with Crippen LogP contribution in [0.25, 0.3) is 0 Å². The highest BCUT2D eigenvalue weighted by molar-refractivity contribution is 5.78. The number of likely N-dealkylation sites (N-methyl/N-ethyl adjacent to an activating group) is 1. The second-order valence-corrected chi connectivity index (χ2v) is 7.28.